The summed E-state index contributed by atoms with van der Waals surface area (Å²) in [6, 6.07) is 4.47. The normalized spacial score (nSPS) is 19.3. The second kappa shape index (κ2) is 4.79. The van der Waals surface area contributed by atoms with Crippen LogP contribution in [0.3, 0.4) is 0 Å². The molecule has 1 aliphatic rings. The van der Waals surface area contributed by atoms with Crippen LogP contribution in [0.25, 0.3) is 0 Å². The third-order valence-corrected chi connectivity index (χ3v) is 4.01. The van der Waals surface area contributed by atoms with Gasteiger partial charge in [-0.2, -0.15) is 0 Å². The summed E-state index contributed by atoms with van der Waals surface area (Å²) in [5.74, 6) is 0. The highest BCUT2D eigenvalue weighted by Gasteiger charge is 2.29. The molecular formula is C15H23NO. The Bertz CT molecular complexity index is 406. The first-order valence-corrected chi connectivity index (χ1v) is 6.50. The van der Waals surface area contributed by atoms with Crippen LogP contribution in [0.2, 0.25) is 0 Å². The molecule has 0 aromatic heterocycles. The molecule has 1 heterocycles. The van der Waals surface area contributed by atoms with Crippen molar-refractivity contribution in [2.75, 3.05) is 13.1 Å². The van der Waals surface area contributed by atoms with Gasteiger partial charge >= 0.3 is 0 Å². The lowest BCUT2D eigenvalue weighted by Gasteiger charge is -2.33. The quantitative estimate of drug-likeness (QED) is 0.821. The third kappa shape index (κ3) is 2.88. The Morgan fingerprint density at radius 2 is 1.65 bits per heavy atom. The van der Waals surface area contributed by atoms with Crippen molar-refractivity contribution in [1.82, 2.24) is 5.32 Å². The van der Waals surface area contributed by atoms with Gasteiger partial charge in [-0.25, -0.2) is 0 Å². The van der Waals surface area contributed by atoms with E-state index < -0.39 is 5.60 Å². The molecule has 0 spiro atoms. The number of hydrogen-bond acceptors (Lipinski definition) is 2. The number of rotatable bonds is 2. The first-order chi connectivity index (χ1) is 8.00. The standard InChI is InChI=1S/C15H23NO/c1-11-8-13(3)14(9-12(11)2)10-15(17)4-6-16-7-5-15/h8-9,16-17H,4-7,10H2,1-3H3. The average Bonchev–Trinajstić information content (AvgIpc) is 2.26. The molecule has 2 nitrogen and oxygen atoms in total. The number of nitrogens with one attached hydrogen (secondary N) is 1. The second-order valence-corrected chi connectivity index (χ2v) is 5.51. The minimum absolute atomic E-state index is 0.502. The van der Waals surface area contributed by atoms with Crippen molar-refractivity contribution >= 4 is 0 Å². The van der Waals surface area contributed by atoms with Crippen LogP contribution in [-0.4, -0.2) is 23.8 Å². The summed E-state index contributed by atoms with van der Waals surface area (Å²) in [5, 5.41) is 13.9. The zero-order valence-electron chi connectivity index (χ0n) is 11.1. The molecule has 1 saturated heterocycles. The zero-order chi connectivity index (χ0) is 12.5. The summed E-state index contributed by atoms with van der Waals surface area (Å²) in [5.41, 5.74) is 4.77. The Labute approximate surface area is 104 Å². The van der Waals surface area contributed by atoms with Crippen LogP contribution in [0.1, 0.15) is 35.1 Å². The van der Waals surface area contributed by atoms with Gasteiger partial charge in [0.1, 0.15) is 0 Å². The van der Waals surface area contributed by atoms with Crippen molar-refractivity contribution in [3.05, 3.63) is 34.4 Å². The van der Waals surface area contributed by atoms with Crippen LogP contribution in [0.4, 0.5) is 0 Å². The van der Waals surface area contributed by atoms with E-state index in [0.29, 0.717) is 0 Å². The van der Waals surface area contributed by atoms with E-state index in [-0.39, 0.29) is 0 Å². The molecule has 0 aliphatic carbocycles. The molecule has 0 amide bonds. The Morgan fingerprint density at radius 3 is 2.29 bits per heavy atom. The number of aliphatic hydroxyl groups is 1. The number of aryl methyl sites for hydroxylation is 3. The Morgan fingerprint density at radius 1 is 1.06 bits per heavy atom. The van der Waals surface area contributed by atoms with Crippen LogP contribution < -0.4 is 5.32 Å². The summed E-state index contributed by atoms with van der Waals surface area (Å²) in [6.45, 7) is 8.29. The Kier molecular flexibility index (Phi) is 3.55. The minimum Gasteiger partial charge on any atom is -0.389 e. The molecular weight excluding hydrogens is 210 g/mol. The molecule has 0 unspecified atom stereocenters. The molecule has 17 heavy (non-hydrogen) atoms. The van der Waals surface area contributed by atoms with E-state index in [9.17, 15) is 5.11 Å². The van der Waals surface area contributed by atoms with Crippen LogP contribution in [0.15, 0.2) is 12.1 Å². The lowest BCUT2D eigenvalue weighted by atomic mass is 9.84. The third-order valence-electron chi connectivity index (χ3n) is 4.01. The molecule has 0 bridgehead atoms. The predicted molar refractivity (Wildman–Crippen MR) is 71.4 cm³/mol. The SMILES string of the molecule is Cc1cc(C)c(CC2(O)CCNCC2)cc1C. The highest BCUT2D eigenvalue weighted by atomic mass is 16.3. The summed E-state index contributed by atoms with van der Waals surface area (Å²) in [7, 11) is 0. The van der Waals surface area contributed by atoms with Crippen molar-refractivity contribution in [3.8, 4) is 0 Å². The molecule has 1 fully saturated rings. The fourth-order valence-corrected chi connectivity index (χ4v) is 2.63. The van der Waals surface area contributed by atoms with Gasteiger partial charge in [-0.3, -0.25) is 0 Å². The van der Waals surface area contributed by atoms with E-state index in [1.165, 1.54) is 22.3 Å². The molecule has 1 aromatic rings. The monoisotopic (exact) mass is 233 g/mol. The van der Waals surface area contributed by atoms with E-state index in [2.05, 4.69) is 38.2 Å². The van der Waals surface area contributed by atoms with E-state index in [1.807, 2.05) is 0 Å². The first kappa shape index (κ1) is 12.6. The van der Waals surface area contributed by atoms with E-state index in [4.69, 9.17) is 0 Å². The average molecular weight is 233 g/mol. The van der Waals surface area contributed by atoms with Crippen LogP contribution in [-0.2, 0) is 6.42 Å². The van der Waals surface area contributed by atoms with Gasteiger partial charge in [-0.15, -0.1) is 0 Å². The van der Waals surface area contributed by atoms with Crippen LogP contribution >= 0.6 is 0 Å². The van der Waals surface area contributed by atoms with Crippen molar-refractivity contribution in [2.24, 2.45) is 0 Å². The number of benzene rings is 1. The van der Waals surface area contributed by atoms with Gasteiger partial charge in [-0.05, 0) is 69.0 Å². The number of piperidine rings is 1. The molecule has 1 aliphatic heterocycles. The first-order valence-electron chi connectivity index (χ1n) is 6.50. The maximum absolute atomic E-state index is 10.6. The molecule has 2 N–H and O–H groups in total. The molecule has 94 valence electrons. The van der Waals surface area contributed by atoms with Crippen molar-refractivity contribution < 1.29 is 5.11 Å². The van der Waals surface area contributed by atoms with Crippen molar-refractivity contribution in [2.45, 2.75) is 45.6 Å². The molecule has 2 rings (SSSR count). The van der Waals surface area contributed by atoms with Crippen molar-refractivity contribution in [1.29, 1.82) is 0 Å². The predicted octanol–water partition coefficient (Wildman–Crippen LogP) is 2.27. The highest BCUT2D eigenvalue weighted by Crippen LogP contribution is 2.26. The van der Waals surface area contributed by atoms with Gasteiger partial charge in [0, 0.05) is 6.42 Å². The molecule has 1 aromatic carbocycles. The topological polar surface area (TPSA) is 32.3 Å². The molecule has 0 saturated carbocycles. The van der Waals surface area contributed by atoms with Crippen LogP contribution in [0.5, 0.6) is 0 Å². The minimum atomic E-state index is -0.502. The van der Waals surface area contributed by atoms with Gasteiger partial charge in [0.05, 0.1) is 5.60 Å². The highest BCUT2D eigenvalue weighted by molar-refractivity contribution is 5.37. The lowest BCUT2D eigenvalue weighted by Crippen LogP contribution is -2.43. The van der Waals surface area contributed by atoms with Crippen LogP contribution in [0, 0.1) is 20.8 Å². The lowest BCUT2D eigenvalue weighted by molar-refractivity contribution is 0.0107. The summed E-state index contributed by atoms with van der Waals surface area (Å²) >= 11 is 0. The second-order valence-electron chi connectivity index (χ2n) is 5.51. The van der Waals surface area contributed by atoms with Crippen molar-refractivity contribution in [3.63, 3.8) is 0 Å². The Hall–Kier alpha value is -0.860. The summed E-state index contributed by atoms with van der Waals surface area (Å²) in [6.07, 6.45) is 2.51. The van der Waals surface area contributed by atoms with Gasteiger partial charge < -0.3 is 10.4 Å². The van der Waals surface area contributed by atoms with Gasteiger partial charge in [0.2, 0.25) is 0 Å². The molecule has 0 atom stereocenters. The molecule has 2 heteroatoms. The zero-order valence-corrected chi connectivity index (χ0v) is 11.1. The summed E-state index contributed by atoms with van der Waals surface area (Å²) < 4.78 is 0. The van der Waals surface area contributed by atoms with Gasteiger partial charge in [-0.1, -0.05) is 12.1 Å². The smallest absolute Gasteiger partial charge is 0.0712 e. The largest absolute Gasteiger partial charge is 0.389 e. The van der Waals surface area contributed by atoms with Gasteiger partial charge in [0.15, 0.2) is 0 Å². The van der Waals surface area contributed by atoms with Gasteiger partial charge in [0.25, 0.3) is 0 Å². The van der Waals surface area contributed by atoms with E-state index >= 15 is 0 Å². The fraction of sp³-hybridized carbons (Fsp3) is 0.600. The van der Waals surface area contributed by atoms with E-state index in [1.54, 1.807) is 0 Å². The Balaban J connectivity index is 2.20. The van der Waals surface area contributed by atoms with E-state index in [0.717, 1.165) is 32.4 Å². The molecule has 0 radical (unpaired) electrons. The maximum atomic E-state index is 10.6. The fourth-order valence-electron chi connectivity index (χ4n) is 2.63. The maximum Gasteiger partial charge on any atom is 0.0712 e. The summed E-state index contributed by atoms with van der Waals surface area (Å²) in [4.78, 5) is 0. The number of hydrogen-bond donors (Lipinski definition) is 2.